The summed E-state index contributed by atoms with van der Waals surface area (Å²) < 4.78 is 24.4. The lowest BCUT2D eigenvalue weighted by molar-refractivity contribution is -0.115. The molecule has 0 aliphatic rings. The minimum atomic E-state index is -0.403. The maximum Gasteiger partial charge on any atom is 0.303 e. The Balaban J connectivity index is 1.32. The van der Waals surface area contributed by atoms with Gasteiger partial charge in [0.1, 0.15) is 16.9 Å². The van der Waals surface area contributed by atoms with E-state index in [9.17, 15) is 9.18 Å². The zero-order valence-electron chi connectivity index (χ0n) is 15.6. The Morgan fingerprint density at radius 1 is 1.07 bits per heavy atom. The van der Waals surface area contributed by atoms with Gasteiger partial charge < -0.3 is 14.2 Å². The van der Waals surface area contributed by atoms with Crippen LogP contribution in [0.4, 0.5) is 22.2 Å². The van der Waals surface area contributed by atoms with Crippen molar-refractivity contribution in [3.8, 4) is 0 Å². The van der Waals surface area contributed by atoms with Crippen molar-refractivity contribution in [1.29, 1.82) is 0 Å². The summed E-state index contributed by atoms with van der Waals surface area (Å²) in [5, 5.41) is 13.4. The van der Waals surface area contributed by atoms with Gasteiger partial charge in [0, 0.05) is 13.1 Å². The molecule has 0 saturated carbocycles. The number of carbonyl (C=O) groups is 1. The van der Waals surface area contributed by atoms with E-state index in [0.29, 0.717) is 28.0 Å². The van der Waals surface area contributed by atoms with Crippen LogP contribution in [0.2, 0.25) is 0 Å². The van der Waals surface area contributed by atoms with Crippen LogP contribution in [-0.2, 0) is 18.3 Å². The number of nitrogens with zero attached hydrogens (tertiary/aromatic N) is 5. The highest BCUT2D eigenvalue weighted by Gasteiger charge is 2.13. The normalized spacial score (nSPS) is 11.3. The third kappa shape index (κ3) is 3.55. The SMILES string of the molecule is Cn1ncc(NC(=O)Cc2ccc3oc(Nc4nc5cc(F)ccc5o4)nc3c2)n1. The number of aromatic nitrogens is 5. The number of oxazole rings is 2. The van der Waals surface area contributed by atoms with E-state index >= 15 is 0 Å². The summed E-state index contributed by atoms with van der Waals surface area (Å²) in [5.41, 5.74) is 2.65. The largest absolute Gasteiger partial charge is 0.423 e. The quantitative estimate of drug-likeness (QED) is 0.455. The molecule has 3 heterocycles. The molecule has 10 nitrogen and oxygen atoms in total. The molecular formula is C19H14FN7O3. The van der Waals surface area contributed by atoms with Crippen molar-refractivity contribution >= 4 is 46.0 Å². The minimum absolute atomic E-state index is 0.130. The second kappa shape index (κ2) is 6.95. The van der Waals surface area contributed by atoms with Crippen LogP contribution in [0.15, 0.2) is 51.4 Å². The second-order valence-electron chi connectivity index (χ2n) is 6.52. The molecule has 5 rings (SSSR count). The van der Waals surface area contributed by atoms with E-state index in [0.717, 1.165) is 5.56 Å². The summed E-state index contributed by atoms with van der Waals surface area (Å²) in [7, 11) is 1.67. The van der Waals surface area contributed by atoms with Crippen molar-refractivity contribution in [3.05, 3.63) is 54.0 Å². The van der Waals surface area contributed by atoms with Crippen molar-refractivity contribution in [3.63, 3.8) is 0 Å². The summed E-state index contributed by atoms with van der Waals surface area (Å²) >= 11 is 0. The Kier molecular flexibility index (Phi) is 4.12. The molecule has 1 amide bonds. The molecule has 0 aliphatic carbocycles. The first-order valence-corrected chi connectivity index (χ1v) is 8.90. The number of benzene rings is 2. The summed E-state index contributed by atoms with van der Waals surface area (Å²) in [4.78, 5) is 22.0. The van der Waals surface area contributed by atoms with Gasteiger partial charge in [0.05, 0.1) is 12.6 Å². The molecule has 0 bridgehead atoms. The number of rotatable bonds is 5. The van der Waals surface area contributed by atoms with Crippen LogP contribution in [-0.4, -0.2) is 30.9 Å². The fourth-order valence-corrected chi connectivity index (χ4v) is 2.96. The average molecular weight is 407 g/mol. The summed E-state index contributed by atoms with van der Waals surface area (Å²) in [5.74, 6) is -0.245. The Bertz CT molecular complexity index is 1390. The molecule has 0 saturated heterocycles. The van der Waals surface area contributed by atoms with Gasteiger partial charge in [-0.3, -0.25) is 10.1 Å². The highest BCUT2D eigenvalue weighted by atomic mass is 19.1. The van der Waals surface area contributed by atoms with Gasteiger partial charge in [0.15, 0.2) is 17.0 Å². The van der Waals surface area contributed by atoms with Gasteiger partial charge in [-0.1, -0.05) is 6.07 Å². The molecule has 0 atom stereocenters. The van der Waals surface area contributed by atoms with E-state index in [1.165, 1.54) is 29.2 Å². The molecule has 0 aliphatic heterocycles. The van der Waals surface area contributed by atoms with Crippen LogP contribution in [0.1, 0.15) is 5.56 Å². The fourth-order valence-electron chi connectivity index (χ4n) is 2.96. The molecule has 0 unspecified atom stereocenters. The molecule has 0 spiro atoms. The number of carbonyl (C=O) groups excluding carboxylic acids is 1. The Labute approximate surface area is 167 Å². The highest BCUT2D eigenvalue weighted by molar-refractivity contribution is 5.91. The maximum atomic E-state index is 13.3. The number of hydrogen-bond acceptors (Lipinski definition) is 8. The van der Waals surface area contributed by atoms with Gasteiger partial charge in [-0.25, -0.2) is 4.39 Å². The first-order chi connectivity index (χ1) is 14.5. The van der Waals surface area contributed by atoms with Gasteiger partial charge in [0.25, 0.3) is 0 Å². The van der Waals surface area contributed by atoms with Crippen molar-refractivity contribution in [2.75, 3.05) is 10.6 Å². The van der Waals surface area contributed by atoms with Gasteiger partial charge >= 0.3 is 12.0 Å². The predicted molar refractivity (Wildman–Crippen MR) is 105 cm³/mol. The van der Waals surface area contributed by atoms with Crippen LogP contribution in [0, 0.1) is 5.82 Å². The molecule has 5 aromatic rings. The topological polar surface area (TPSA) is 124 Å². The van der Waals surface area contributed by atoms with Crippen LogP contribution >= 0.6 is 0 Å². The first kappa shape index (κ1) is 17.8. The van der Waals surface area contributed by atoms with Gasteiger partial charge in [-0.05, 0) is 29.8 Å². The van der Waals surface area contributed by atoms with Crippen LogP contribution in [0.3, 0.4) is 0 Å². The standard InChI is InChI=1S/C19H14FN7O3/c1-27-21-9-16(26-27)24-17(28)7-10-2-4-14-12(6-10)22-18(29-14)25-19-23-13-8-11(20)3-5-15(13)30-19/h2-6,8-9H,7H2,1H3,(H,22,23,25)(H,24,26,28). The fraction of sp³-hybridized carbons (Fsp3) is 0.105. The highest BCUT2D eigenvalue weighted by Crippen LogP contribution is 2.25. The summed E-state index contributed by atoms with van der Waals surface area (Å²) in [6, 6.07) is 9.60. The molecular weight excluding hydrogens is 393 g/mol. The zero-order chi connectivity index (χ0) is 20.7. The van der Waals surface area contributed by atoms with Crippen LogP contribution in [0.5, 0.6) is 0 Å². The molecule has 11 heteroatoms. The summed E-state index contributed by atoms with van der Waals surface area (Å²) in [6.07, 6.45) is 1.61. The molecule has 2 aromatic carbocycles. The zero-order valence-corrected chi connectivity index (χ0v) is 15.6. The number of nitrogens with one attached hydrogen (secondary N) is 2. The third-order valence-corrected chi connectivity index (χ3v) is 4.25. The second-order valence-corrected chi connectivity index (χ2v) is 6.52. The Morgan fingerprint density at radius 2 is 1.77 bits per heavy atom. The van der Waals surface area contributed by atoms with Gasteiger partial charge in [-0.15, -0.1) is 5.10 Å². The number of hydrogen-bond donors (Lipinski definition) is 2. The lowest BCUT2D eigenvalue weighted by atomic mass is 10.1. The Morgan fingerprint density at radius 3 is 2.47 bits per heavy atom. The van der Waals surface area contributed by atoms with E-state index < -0.39 is 5.82 Å². The first-order valence-electron chi connectivity index (χ1n) is 8.90. The third-order valence-electron chi connectivity index (χ3n) is 4.25. The number of anilines is 3. The predicted octanol–water partition coefficient (Wildman–Crippen LogP) is 3.16. The molecule has 30 heavy (non-hydrogen) atoms. The average Bonchev–Trinajstić information content (AvgIpc) is 3.39. The smallest absolute Gasteiger partial charge is 0.303 e. The number of halogens is 1. The van der Waals surface area contributed by atoms with Gasteiger partial charge in [0.2, 0.25) is 5.91 Å². The minimum Gasteiger partial charge on any atom is -0.423 e. The monoisotopic (exact) mass is 407 g/mol. The molecule has 2 N–H and O–H groups in total. The molecule has 3 aromatic heterocycles. The van der Waals surface area contributed by atoms with E-state index in [1.807, 2.05) is 0 Å². The van der Waals surface area contributed by atoms with Crippen molar-refractivity contribution < 1.29 is 18.0 Å². The van der Waals surface area contributed by atoms with Crippen molar-refractivity contribution in [2.45, 2.75) is 6.42 Å². The molecule has 0 fully saturated rings. The maximum absolute atomic E-state index is 13.3. The summed E-state index contributed by atoms with van der Waals surface area (Å²) in [6.45, 7) is 0. The number of fused-ring (bicyclic) bond motifs is 2. The van der Waals surface area contributed by atoms with Crippen LogP contribution in [0.25, 0.3) is 22.2 Å². The van der Waals surface area contributed by atoms with E-state index in [-0.39, 0.29) is 24.4 Å². The van der Waals surface area contributed by atoms with E-state index in [4.69, 9.17) is 8.83 Å². The number of aryl methyl sites for hydroxylation is 1. The lowest BCUT2D eigenvalue weighted by Gasteiger charge is -2.01. The van der Waals surface area contributed by atoms with Gasteiger partial charge in [-0.2, -0.15) is 19.9 Å². The molecule has 150 valence electrons. The Hall–Kier alpha value is -4.28. The number of amides is 1. The van der Waals surface area contributed by atoms with Crippen molar-refractivity contribution in [2.24, 2.45) is 7.05 Å². The van der Waals surface area contributed by atoms with E-state index in [1.54, 1.807) is 25.2 Å². The molecule has 0 radical (unpaired) electrons. The van der Waals surface area contributed by atoms with E-state index in [2.05, 4.69) is 30.8 Å². The lowest BCUT2D eigenvalue weighted by Crippen LogP contribution is -2.14. The van der Waals surface area contributed by atoms with Crippen molar-refractivity contribution in [1.82, 2.24) is 25.0 Å². The van der Waals surface area contributed by atoms with Crippen LogP contribution < -0.4 is 10.6 Å².